The maximum Gasteiger partial charge on any atom is 0.305 e. The average molecular weight is 527 g/mol. The lowest BCUT2D eigenvalue weighted by Crippen LogP contribution is -2.44. The summed E-state index contributed by atoms with van der Waals surface area (Å²) in [4.78, 5) is 30.9. The smallest absolute Gasteiger partial charge is 0.305 e. The molecule has 7 nitrogen and oxygen atoms in total. The van der Waals surface area contributed by atoms with E-state index in [1.165, 1.54) is 5.56 Å². The van der Waals surface area contributed by atoms with Crippen molar-refractivity contribution < 1.29 is 9.90 Å². The zero-order chi connectivity index (χ0) is 27.2. The minimum Gasteiger partial charge on any atom is -0.506 e. The fourth-order valence-corrected chi connectivity index (χ4v) is 5.75. The number of aromatic nitrogens is 1. The first-order valence-corrected chi connectivity index (χ1v) is 13.8. The van der Waals surface area contributed by atoms with Crippen molar-refractivity contribution in [2.75, 3.05) is 39.3 Å². The highest BCUT2D eigenvalue weighted by molar-refractivity contribution is 7.16. The molecule has 2 aromatic carbocycles. The van der Waals surface area contributed by atoms with Crippen LogP contribution in [0.15, 0.2) is 47.3 Å². The Morgan fingerprint density at radius 3 is 2.22 bits per heavy atom. The van der Waals surface area contributed by atoms with Gasteiger partial charge in [-0.25, -0.2) is 0 Å². The molecule has 1 heterocycles. The molecule has 0 saturated carbocycles. The standard InChI is InChI=1S/C29H42N4O3S/c1-28(2,3)19-32(15-13-21-11-12-23(34)25-26(21)37-27(36)31-25)17-18-33(16-14-24(30)35)20-29(4,5)22-9-7-6-8-10-22/h6-12,34H,13-20H2,1-5H3,(H2,30,35)(H,31,36). The van der Waals surface area contributed by atoms with Gasteiger partial charge >= 0.3 is 4.87 Å². The number of rotatable bonds is 13. The predicted octanol–water partition coefficient (Wildman–Crippen LogP) is 4.34. The molecule has 1 aromatic heterocycles. The number of primary amides is 1. The van der Waals surface area contributed by atoms with Gasteiger partial charge in [0.25, 0.3) is 0 Å². The topological polar surface area (TPSA) is 103 Å². The minimum absolute atomic E-state index is 0.0723. The number of nitrogens with one attached hydrogen (secondary N) is 1. The molecule has 202 valence electrons. The molecule has 37 heavy (non-hydrogen) atoms. The monoisotopic (exact) mass is 526 g/mol. The number of amides is 1. The first-order valence-electron chi connectivity index (χ1n) is 13.0. The van der Waals surface area contributed by atoms with Gasteiger partial charge in [-0.15, -0.1) is 0 Å². The Morgan fingerprint density at radius 2 is 1.59 bits per heavy atom. The van der Waals surface area contributed by atoms with E-state index in [0.717, 1.165) is 60.7 Å². The molecule has 4 N–H and O–H groups in total. The number of benzene rings is 2. The lowest BCUT2D eigenvalue weighted by Gasteiger charge is -2.36. The number of nitrogens with zero attached hydrogens (tertiary/aromatic N) is 2. The molecule has 8 heteroatoms. The second-order valence-corrected chi connectivity index (χ2v) is 12.8. The molecule has 0 unspecified atom stereocenters. The first-order chi connectivity index (χ1) is 17.3. The number of phenols is 1. The number of hydrogen-bond donors (Lipinski definition) is 3. The molecule has 3 rings (SSSR count). The molecule has 0 saturated heterocycles. The van der Waals surface area contributed by atoms with Crippen LogP contribution in [0.4, 0.5) is 0 Å². The van der Waals surface area contributed by atoms with Gasteiger partial charge in [0.05, 0.1) is 4.70 Å². The Labute approximate surface area is 224 Å². The number of aromatic amines is 1. The van der Waals surface area contributed by atoms with Crippen LogP contribution in [0.5, 0.6) is 5.75 Å². The van der Waals surface area contributed by atoms with Crippen molar-refractivity contribution in [3.05, 3.63) is 63.3 Å². The van der Waals surface area contributed by atoms with Crippen LogP contribution in [0.25, 0.3) is 10.2 Å². The number of hydrogen-bond acceptors (Lipinski definition) is 6. The number of carbonyl (C=O) groups excluding carboxylic acids is 1. The van der Waals surface area contributed by atoms with Gasteiger partial charge in [0.1, 0.15) is 11.3 Å². The van der Waals surface area contributed by atoms with Crippen LogP contribution in [-0.4, -0.2) is 65.1 Å². The minimum atomic E-state index is -0.282. The van der Waals surface area contributed by atoms with E-state index >= 15 is 0 Å². The first kappa shape index (κ1) is 28.9. The SMILES string of the molecule is CC(C)(C)CN(CCc1ccc(O)c2[nH]c(=O)sc12)CCN(CCC(N)=O)CC(C)(C)c1ccccc1. The van der Waals surface area contributed by atoms with Gasteiger partial charge in [-0.1, -0.05) is 82.4 Å². The number of nitrogens with two attached hydrogens (primary N) is 1. The molecule has 0 atom stereocenters. The van der Waals surface area contributed by atoms with Crippen molar-refractivity contribution in [1.82, 2.24) is 14.8 Å². The Morgan fingerprint density at radius 1 is 0.946 bits per heavy atom. The number of carbonyl (C=O) groups is 1. The van der Waals surface area contributed by atoms with Crippen molar-refractivity contribution in [2.24, 2.45) is 11.1 Å². The third-order valence-electron chi connectivity index (χ3n) is 6.62. The Bertz CT molecular complexity index is 1230. The van der Waals surface area contributed by atoms with Crippen LogP contribution in [0.2, 0.25) is 0 Å². The van der Waals surface area contributed by atoms with E-state index in [4.69, 9.17) is 5.73 Å². The molecule has 0 aliphatic rings. The fraction of sp³-hybridized carbons (Fsp3) is 0.517. The van der Waals surface area contributed by atoms with Crippen molar-refractivity contribution in [3.63, 3.8) is 0 Å². The van der Waals surface area contributed by atoms with Gasteiger partial charge < -0.3 is 25.6 Å². The van der Waals surface area contributed by atoms with Crippen LogP contribution >= 0.6 is 11.3 Å². The second kappa shape index (κ2) is 12.2. The second-order valence-electron chi connectivity index (χ2n) is 11.8. The Balaban J connectivity index is 1.73. The van der Waals surface area contributed by atoms with Crippen molar-refractivity contribution >= 4 is 27.5 Å². The number of thiazole rings is 1. The fourth-order valence-electron chi connectivity index (χ4n) is 4.85. The van der Waals surface area contributed by atoms with Gasteiger partial charge in [-0.3, -0.25) is 9.59 Å². The summed E-state index contributed by atoms with van der Waals surface area (Å²) in [6.07, 6.45) is 1.11. The molecule has 0 radical (unpaired) electrons. The predicted molar refractivity (Wildman–Crippen MR) is 153 cm³/mol. The lowest BCUT2D eigenvalue weighted by molar-refractivity contribution is -0.118. The molecule has 0 spiro atoms. The summed E-state index contributed by atoms with van der Waals surface area (Å²) in [7, 11) is 0. The summed E-state index contributed by atoms with van der Waals surface area (Å²) in [6.45, 7) is 16.1. The maximum atomic E-state index is 11.9. The number of aromatic hydroxyl groups is 1. The average Bonchev–Trinajstić information content (AvgIpc) is 3.22. The van der Waals surface area contributed by atoms with E-state index in [2.05, 4.69) is 73.7 Å². The summed E-state index contributed by atoms with van der Waals surface area (Å²) < 4.78 is 0.827. The zero-order valence-corrected chi connectivity index (χ0v) is 23.7. The Kier molecular flexibility index (Phi) is 9.56. The molecule has 0 bridgehead atoms. The molecular formula is C29H42N4O3S. The maximum absolute atomic E-state index is 11.9. The highest BCUT2D eigenvalue weighted by atomic mass is 32.1. The van der Waals surface area contributed by atoms with E-state index in [1.807, 2.05) is 12.1 Å². The van der Waals surface area contributed by atoms with Gasteiger partial charge in [-0.05, 0) is 29.0 Å². The van der Waals surface area contributed by atoms with Gasteiger partial charge in [-0.2, -0.15) is 0 Å². The lowest BCUT2D eigenvalue weighted by atomic mass is 9.84. The number of H-pyrrole nitrogens is 1. The zero-order valence-electron chi connectivity index (χ0n) is 22.8. The van der Waals surface area contributed by atoms with Crippen LogP contribution in [0.1, 0.15) is 52.2 Å². The normalized spacial score (nSPS) is 12.6. The quantitative estimate of drug-likeness (QED) is 0.307. The molecule has 0 fully saturated rings. The van der Waals surface area contributed by atoms with Crippen LogP contribution in [0.3, 0.4) is 0 Å². The van der Waals surface area contributed by atoms with Crippen molar-refractivity contribution in [2.45, 2.75) is 52.9 Å². The molecule has 3 aromatic rings. The van der Waals surface area contributed by atoms with Crippen LogP contribution < -0.4 is 10.6 Å². The van der Waals surface area contributed by atoms with E-state index < -0.39 is 0 Å². The molecule has 0 aliphatic heterocycles. The summed E-state index contributed by atoms with van der Waals surface area (Å²) >= 11 is 1.15. The number of phenolic OH excluding ortho intramolecular Hbond substituents is 1. The third-order valence-corrected chi connectivity index (χ3v) is 7.57. The summed E-state index contributed by atoms with van der Waals surface area (Å²) in [5.41, 5.74) is 8.41. The summed E-state index contributed by atoms with van der Waals surface area (Å²) in [5, 5.41) is 10.1. The Hall–Kier alpha value is -2.68. The van der Waals surface area contributed by atoms with Crippen LogP contribution in [0, 0.1) is 5.41 Å². The molecule has 0 aliphatic carbocycles. The summed E-state index contributed by atoms with van der Waals surface area (Å²) in [6, 6.07) is 14.1. The van der Waals surface area contributed by atoms with Gasteiger partial charge in [0, 0.05) is 51.1 Å². The van der Waals surface area contributed by atoms with E-state index in [1.54, 1.807) is 6.07 Å². The summed E-state index contributed by atoms with van der Waals surface area (Å²) in [5.74, 6) is -0.175. The molecule has 1 amide bonds. The van der Waals surface area contributed by atoms with Gasteiger partial charge in [0.15, 0.2) is 0 Å². The van der Waals surface area contributed by atoms with Crippen molar-refractivity contribution in [1.29, 1.82) is 0 Å². The number of fused-ring (bicyclic) bond motifs is 1. The van der Waals surface area contributed by atoms with E-state index in [-0.39, 0.29) is 27.4 Å². The van der Waals surface area contributed by atoms with E-state index in [0.29, 0.717) is 18.5 Å². The van der Waals surface area contributed by atoms with Gasteiger partial charge in [0.2, 0.25) is 5.91 Å². The third kappa shape index (κ3) is 8.69. The van der Waals surface area contributed by atoms with Crippen molar-refractivity contribution in [3.8, 4) is 5.75 Å². The van der Waals surface area contributed by atoms with E-state index in [9.17, 15) is 14.7 Å². The highest BCUT2D eigenvalue weighted by Crippen LogP contribution is 2.29. The highest BCUT2D eigenvalue weighted by Gasteiger charge is 2.25. The van der Waals surface area contributed by atoms with Crippen LogP contribution in [-0.2, 0) is 16.6 Å². The largest absolute Gasteiger partial charge is 0.506 e. The molecular weight excluding hydrogens is 484 g/mol.